The molecule has 0 spiro atoms. The van der Waals surface area contributed by atoms with Crippen molar-refractivity contribution in [1.82, 2.24) is 0 Å². The van der Waals surface area contributed by atoms with Gasteiger partial charge in [-0.05, 0) is 45.6 Å². The number of benzene rings is 1. The maximum absolute atomic E-state index is 12.9. The molecule has 1 saturated carbocycles. The summed E-state index contributed by atoms with van der Waals surface area (Å²) in [5.41, 5.74) is 1.17. The fourth-order valence-corrected chi connectivity index (χ4v) is 4.56. The van der Waals surface area contributed by atoms with Crippen molar-refractivity contribution in [2.24, 2.45) is 5.92 Å². The first-order chi connectivity index (χ1) is 13.7. The Morgan fingerprint density at radius 1 is 1.00 bits per heavy atom. The van der Waals surface area contributed by atoms with Gasteiger partial charge >= 0.3 is 5.97 Å². The minimum Gasteiger partial charge on any atom is -0.456 e. The summed E-state index contributed by atoms with van der Waals surface area (Å²) in [6.45, 7) is 7.73. The van der Waals surface area contributed by atoms with E-state index in [0.29, 0.717) is 6.61 Å². The topological polar surface area (TPSA) is 72.5 Å². The van der Waals surface area contributed by atoms with Crippen LogP contribution in [0.1, 0.15) is 45.6 Å². The molecule has 5 rings (SSSR count). The molecular formula is C22H28O7. The van der Waals surface area contributed by atoms with E-state index in [1.165, 1.54) is 5.56 Å². The average Bonchev–Trinajstić information content (AvgIpc) is 3.19. The summed E-state index contributed by atoms with van der Waals surface area (Å²) < 4.78 is 35.6. The second kappa shape index (κ2) is 6.75. The molecule has 3 aliphatic heterocycles. The van der Waals surface area contributed by atoms with E-state index in [9.17, 15) is 4.79 Å². The Labute approximate surface area is 170 Å². The molecule has 158 valence electrons. The lowest BCUT2D eigenvalue weighted by Gasteiger charge is -2.28. The molecule has 0 bridgehead atoms. The number of ether oxygens (including phenoxy) is 6. The molecule has 4 aliphatic rings. The van der Waals surface area contributed by atoms with Gasteiger partial charge in [0, 0.05) is 0 Å². The van der Waals surface area contributed by atoms with Crippen molar-refractivity contribution in [3.05, 3.63) is 35.9 Å². The summed E-state index contributed by atoms with van der Waals surface area (Å²) >= 11 is 0. The normalized spacial score (nSPS) is 41.9. The number of carbonyl (C=O) groups excluding carboxylic acids is 1. The molecule has 29 heavy (non-hydrogen) atoms. The maximum atomic E-state index is 12.9. The first kappa shape index (κ1) is 19.5. The van der Waals surface area contributed by atoms with Crippen LogP contribution in [-0.2, 0) is 33.2 Å². The van der Waals surface area contributed by atoms with Gasteiger partial charge in [-0.15, -0.1) is 0 Å². The molecule has 0 radical (unpaired) electrons. The zero-order chi connectivity index (χ0) is 20.4. The second-order valence-corrected chi connectivity index (χ2v) is 9.20. The lowest BCUT2D eigenvalue weighted by atomic mass is 10.1. The highest BCUT2D eigenvalue weighted by atomic mass is 16.8. The van der Waals surface area contributed by atoms with Crippen LogP contribution in [0, 0.1) is 5.92 Å². The van der Waals surface area contributed by atoms with Gasteiger partial charge in [0.25, 0.3) is 0 Å². The van der Waals surface area contributed by atoms with E-state index in [-0.39, 0.29) is 23.9 Å². The third kappa shape index (κ3) is 3.70. The molecule has 4 fully saturated rings. The molecule has 7 nitrogen and oxygen atoms in total. The number of rotatable bonds is 4. The molecule has 7 heteroatoms. The monoisotopic (exact) mass is 404 g/mol. The molecule has 1 aromatic rings. The number of hydrogen-bond donors (Lipinski definition) is 0. The van der Waals surface area contributed by atoms with E-state index in [1.807, 2.05) is 45.9 Å². The van der Waals surface area contributed by atoms with Crippen LogP contribution < -0.4 is 0 Å². The second-order valence-electron chi connectivity index (χ2n) is 9.20. The van der Waals surface area contributed by atoms with Crippen molar-refractivity contribution in [2.75, 3.05) is 6.61 Å². The first-order valence-electron chi connectivity index (χ1n) is 10.3. The van der Waals surface area contributed by atoms with Crippen molar-refractivity contribution in [3.63, 3.8) is 0 Å². The molecule has 0 amide bonds. The van der Waals surface area contributed by atoms with Crippen LogP contribution in [0.2, 0.25) is 0 Å². The van der Waals surface area contributed by atoms with Crippen LogP contribution in [0.3, 0.4) is 0 Å². The number of hydrogen-bond acceptors (Lipinski definition) is 7. The summed E-state index contributed by atoms with van der Waals surface area (Å²) in [7, 11) is 0. The van der Waals surface area contributed by atoms with E-state index < -0.39 is 36.2 Å². The van der Waals surface area contributed by atoms with Crippen LogP contribution in [0.4, 0.5) is 0 Å². The van der Waals surface area contributed by atoms with Gasteiger partial charge in [-0.1, -0.05) is 30.3 Å². The Hall–Kier alpha value is -1.51. The summed E-state index contributed by atoms with van der Waals surface area (Å²) in [6.07, 6.45) is -1.74. The van der Waals surface area contributed by atoms with Crippen molar-refractivity contribution < 1.29 is 33.2 Å². The van der Waals surface area contributed by atoms with E-state index >= 15 is 0 Å². The fraction of sp³-hybridized carbons (Fsp3) is 0.682. The lowest BCUT2D eigenvalue weighted by Crippen LogP contribution is -2.45. The van der Waals surface area contributed by atoms with Crippen molar-refractivity contribution >= 4 is 5.97 Å². The Morgan fingerprint density at radius 3 is 2.45 bits per heavy atom. The predicted molar refractivity (Wildman–Crippen MR) is 101 cm³/mol. The van der Waals surface area contributed by atoms with Crippen molar-refractivity contribution in [2.45, 2.75) is 82.3 Å². The predicted octanol–water partition coefficient (Wildman–Crippen LogP) is 2.73. The standard InChI is InChI=1S/C22H28O7/c1-21(2)24-11-15(27-21)16-17(18-20(26-16)29-22(3,4)28-18)25-19(23)14-10-13(14)12-8-6-5-7-9-12/h5-9,13-18,20H,10-11H2,1-4H3/t13-,14+,15-,16-,17+,18-,20-/m1/s1. The smallest absolute Gasteiger partial charge is 0.310 e. The molecular weight excluding hydrogens is 376 g/mol. The van der Waals surface area contributed by atoms with Gasteiger partial charge in [0.2, 0.25) is 0 Å². The zero-order valence-corrected chi connectivity index (χ0v) is 17.2. The summed E-state index contributed by atoms with van der Waals surface area (Å²) in [5, 5.41) is 0. The minimum absolute atomic E-state index is 0.135. The largest absolute Gasteiger partial charge is 0.456 e. The number of esters is 1. The Morgan fingerprint density at radius 2 is 1.76 bits per heavy atom. The third-order valence-electron chi connectivity index (χ3n) is 6.00. The lowest BCUT2D eigenvalue weighted by molar-refractivity contribution is -0.235. The highest BCUT2D eigenvalue weighted by molar-refractivity contribution is 5.77. The number of carbonyl (C=O) groups is 1. The highest BCUT2D eigenvalue weighted by Gasteiger charge is 2.60. The van der Waals surface area contributed by atoms with E-state index in [4.69, 9.17) is 28.4 Å². The van der Waals surface area contributed by atoms with E-state index in [0.717, 1.165) is 6.42 Å². The summed E-state index contributed by atoms with van der Waals surface area (Å²) in [5.74, 6) is -1.63. The zero-order valence-electron chi connectivity index (χ0n) is 17.2. The molecule has 0 N–H and O–H groups in total. The van der Waals surface area contributed by atoms with Crippen molar-refractivity contribution in [3.8, 4) is 0 Å². The van der Waals surface area contributed by atoms with Crippen molar-refractivity contribution in [1.29, 1.82) is 0 Å². The quantitative estimate of drug-likeness (QED) is 0.715. The molecule has 3 heterocycles. The minimum atomic E-state index is -0.788. The van der Waals surface area contributed by atoms with Crippen LogP contribution in [0.5, 0.6) is 0 Å². The highest BCUT2D eigenvalue weighted by Crippen LogP contribution is 2.49. The molecule has 3 saturated heterocycles. The van der Waals surface area contributed by atoms with E-state index in [2.05, 4.69) is 12.1 Å². The summed E-state index contributed by atoms with van der Waals surface area (Å²) in [4.78, 5) is 12.9. The Balaban J connectivity index is 1.31. The van der Waals surface area contributed by atoms with Crippen LogP contribution in [0.15, 0.2) is 30.3 Å². The third-order valence-corrected chi connectivity index (χ3v) is 6.00. The first-order valence-corrected chi connectivity index (χ1v) is 10.3. The van der Waals surface area contributed by atoms with Gasteiger partial charge < -0.3 is 28.4 Å². The van der Waals surface area contributed by atoms with E-state index in [1.54, 1.807) is 0 Å². The van der Waals surface area contributed by atoms with Crippen LogP contribution in [0.25, 0.3) is 0 Å². The van der Waals surface area contributed by atoms with Gasteiger partial charge in [-0.3, -0.25) is 4.79 Å². The Kier molecular flexibility index (Phi) is 4.53. The van der Waals surface area contributed by atoms with Crippen LogP contribution >= 0.6 is 0 Å². The molecule has 0 unspecified atom stereocenters. The Bertz CT molecular complexity index is 777. The fourth-order valence-electron chi connectivity index (χ4n) is 4.56. The van der Waals surface area contributed by atoms with Gasteiger partial charge in [0.05, 0.1) is 12.5 Å². The molecule has 1 aromatic carbocycles. The SMILES string of the molecule is CC1(C)O[C@H]2O[C@H]([C@H]3COC(C)(C)O3)[C@H](OC(=O)[C@H]3C[C@@H]3c3ccccc3)[C@H]2O1. The van der Waals surface area contributed by atoms with Gasteiger partial charge in [0.15, 0.2) is 30.1 Å². The van der Waals surface area contributed by atoms with Gasteiger partial charge in [-0.2, -0.15) is 0 Å². The van der Waals surface area contributed by atoms with Gasteiger partial charge in [-0.25, -0.2) is 0 Å². The molecule has 7 atom stereocenters. The molecule has 1 aliphatic carbocycles. The average molecular weight is 404 g/mol. The number of fused-ring (bicyclic) bond motifs is 1. The van der Waals surface area contributed by atoms with Crippen LogP contribution in [-0.4, -0.2) is 54.9 Å². The summed E-state index contributed by atoms with van der Waals surface area (Å²) in [6, 6.07) is 10.1. The molecule has 0 aromatic heterocycles. The van der Waals surface area contributed by atoms with Gasteiger partial charge in [0.1, 0.15) is 12.2 Å². The maximum Gasteiger partial charge on any atom is 0.310 e.